The third-order valence-corrected chi connectivity index (χ3v) is 1.74. The van der Waals surface area contributed by atoms with E-state index in [1.165, 1.54) is 0 Å². The Morgan fingerprint density at radius 2 is 1.92 bits per heavy atom. The molecule has 0 aliphatic rings. The predicted molar refractivity (Wildman–Crippen MR) is 55.0 cm³/mol. The van der Waals surface area contributed by atoms with Gasteiger partial charge in [0.25, 0.3) is 0 Å². The molecule has 0 heterocycles. The van der Waals surface area contributed by atoms with Gasteiger partial charge in [-0.05, 0) is 14.0 Å². The summed E-state index contributed by atoms with van der Waals surface area (Å²) in [6.45, 7) is 6.20. The Kier molecular flexibility index (Phi) is 9.42. The van der Waals surface area contributed by atoms with E-state index in [2.05, 4.69) is 11.9 Å². The van der Waals surface area contributed by atoms with E-state index < -0.39 is 0 Å². The van der Waals surface area contributed by atoms with Crippen LogP contribution in [0.2, 0.25) is 0 Å². The van der Waals surface area contributed by atoms with Gasteiger partial charge in [0.1, 0.15) is 0 Å². The Hall–Kier alpha value is -0.380. The minimum Gasteiger partial charge on any atom is -0.383 e. The summed E-state index contributed by atoms with van der Waals surface area (Å²) in [5.41, 5.74) is 0. The van der Waals surface area contributed by atoms with Crippen LogP contribution in [-0.2, 0) is 9.47 Å². The van der Waals surface area contributed by atoms with Crippen molar-refractivity contribution in [1.82, 2.24) is 4.90 Å². The summed E-state index contributed by atoms with van der Waals surface area (Å²) in [4.78, 5) is 2.19. The lowest BCUT2D eigenvalue weighted by molar-refractivity contribution is 0.114. The summed E-state index contributed by atoms with van der Waals surface area (Å²) in [5.74, 6) is 0. The molecule has 0 rings (SSSR count). The summed E-state index contributed by atoms with van der Waals surface area (Å²) >= 11 is 0. The maximum absolute atomic E-state index is 5.36. The fourth-order valence-corrected chi connectivity index (χ4v) is 0.827. The Bertz CT molecular complexity index is 126. The molecule has 0 aromatic rings. The number of ether oxygens (including phenoxy) is 2. The van der Waals surface area contributed by atoms with Crippen LogP contribution in [0.15, 0.2) is 12.2 Å². The van der Waals surface area contributed by atoms with Crippen molar-refractivity contribution < 1.29 is 9.47 Å². The smallest absolute Gasteiger partial charge is 0.0648 e. The molecule has 0 saturated heterocycles. The molecule has 0 unspecified atom stereocenters. The first-order valence-corrected chi connectivity index (χ1v) is 4.67. The Labute approximate surface area is 81.3 Å². The topological polar surface area (TPSA) is 21.7 Å². The Balaban J connectivity index is 3.11. The van der Waals surface area contributed by atoms with E-state index in [0.29, 0.717) is 6.61 Å². The van der Waals surface area contributed by atoms with E-state index in [0.717, 1.165) is 26.3 Å². The fraction of sp³-hybridized carbons (Fsp3) is 0.800. The fourth-order valence-electron chi connectivity index (χ4n) is 0.827. The van der Waals surface area contributed by atoms with Crippen molar-refractivity contribution in [2.75, 3.05) is 47.1 Å². The van der Waals surface area contributed by atoms with Crippen molar-refractivity contribution in [3.05, 3.63) is 12.2 Å². The first kappa shape index (κ1) is 12.6. The Morgan fingerprint density at radius 1 is 1.23 bits per heavy atom. The highest BCUT2D eigenvalue weighted by atomic mass is 16.5. The standard InChI is InChI=1S/C10H21NO2/c1-4-5-8-13-10-7-11(2)6-9-12-3/h4-5H,6-10H2,1-3H3/b5-4-. The van der Waals surface area contributed by atoms with Gasteiger partial charge in [0.2, 0.25) is 0 Å². The lowest BCUT2D eigenvalue weighted by Gasteiger charge is -2.15. The zero-order valence-electron chi connectivity index (χ0n) is 8.95. The van der Waals surface area contributed by atoms with Gasteiger partial charge in [0, 0.05) is 20.2 Å². The van der Waals surface area contributed by atoms with E-state index in [1.54, 1.807) is 7.11 Å². The number of hydrogen-bond acceptors (Lipinski definition) is 3. The van der Waals surface area contributed by atoms with Crippen LogP contribution >= 0.6 is 0 Å². The molecular formula is C10H21NO2. The summed E-state index contributed by atoms with van der Waals surface area (Å²) in [7, 11) is 3.79. The van der Waals surface area contributed by atoms with Gasteiger partial charge in [-0.15, -0.1) is 0 Å². The normalized spacial score (nSPS) is 11.7. The van der Waals surface area contributed by atoms with Crippen LogP contribution in [0.1, 0.15) is 6.92 Å². The maximum Gasteiger partial charge on any atom is 0.0648 e. The summed E-state index contributed by atoms with van der Waals surface area (Å²) in [6, 6.07) is 0. The average molecular weight is 187 g/mol. The van der Waals surface area contributed by atoms with Crippen molar-refractivity contribution in [3.63, 3.8) is 0 Å². The van der Waals surface area contributed by atoms with Crippen LogP contribution in [0.5, 0.6) is 0 Å². The lowest BCUT2D eigenvalue weighted by atomic mass is 10.5. The van der Waals surface area contributed by atoms with Gasteiger partial charge in [0.15, 0.2) is 0 Å². The minimum atomic E-state index is 0.717. The third kappa shape index (κ3) is 9.53. The molecule has 0 spiro atoms. The van der Waals surface area contributed by atoms with E-state index in [9.17, 15) is 0 Å². The van der Waals surface area contributed by atoms with E-state index in [4.69, 9.17) is 9.47 Å². The number of hydrogen-bond donors (Lipinski definition) is 0. The van der Waals surface area contributed by atoms with Crippen LogP contribution in [0, 0.1) is 0 Å². The molecule has 0 N–H and O–H groups in total. The van der Waals surface area contributed by atoms with Crippen molar-refractivity contribution in [2.24, 2.45) is 0 Å². The second-order valence-electron chi connectivity index (χ2n) is 2.94. The second kappa shape index (κ2) is 9.71. The van der Waals surface area contributed by atoms with Gasteiger partial charge < -0.3 is 14.4 Å². The molecule has 0 bridgehead atoms. The van der Waals surface area contributed by atoms with Gasteiger partial charge >= 0.3 is 0 Å². The first-order chi connectivity index (χ1) is 6.31. The predicted octanol–water partition coefficient (Wildman–Crippen LogP) is 1.16. The van der Waals surface area contributed by atoms with Gasteiger partial charge in [0.05, 0.1) is 19.8 Å². The first-order valence-electron chi connectivity index (χ1n) is 4.67. The van der Waals surface area contributed by atoms with Gasteiger partial charge in [-0.3, -0.25) is 0 Å². The summed E-state index contributed by atoms with van der Waals surface area (Å²) in [5, 5.41) is 0. The molecule has 0 amide bonds. The molecule has 78 valence electrons. The molecule has 0 saturated carbocycles. The largest absolute Gasteiger partial charge is 0.383 e. The lowest BCUT2D eigenvalue weighted by Crippen LogP contribution is -2.26. The number of nitrogens with zero attached hydrogens (tertiary/aromatic N) is 1. The molecule has 0 atom stereocenters. The number of rotatable bonds is 8. The SMILES string of the molecule is C/C=C\COCCN(C)CCOC. The number of methoxy groups -OCH3 is 1. The van der Waals surface area contributed by atoms with Gasteiger partial charge in [-0.25, -0.2) is 0 Å². The monoisotopic (exact) mass is 187 g/mol. The molecule has 0 radical (unpaired) electrons. The molecule has 0 aromatic heterocycles. The van der Waals surface area contributed by atoms with Crippen LogP contribution in [0.25, 0.3) is 0 Å². The summed E-state index contributed by atoms with van der Waals surface area (Å²) in [6.07, 6.45) is 4.00. The zero-order chi connectivity index (χ0) is 9.94. The molecule has 0 aliphatic carbocycles. The third-order valence-electron chi connectivity index (χ3n) is 1.74. The highest BCUT2D eigenvalue weighted by Gasteiger charge is 1.95. The molecule has 13 heavy (non-hydrogen) atoms. The highest BCUT2D eigenvalue weighted by molar-refractivity contribution is 4.75. The molecule has 0 fully saturated rings. The van der Waals surface area contributed by atoms with E-state index in [1.807, 2.05) is 19.1 Å². The number of likely N-dealkylation sites (N-methyl/N-ethyl adjacent to an activating group) is 1. The van der Waals surface area contributed by atoms with Gasteiger partial charge in [-0.2, -0.15) is 0 Å². The molecule has 0 aliphatic heterocycles. The van der Waals surface area contributed by atoms with E-state index >= 15 is 0 Å². The van der Waals surface area contributed by atoms with Gasteiger partial charge in [-0.1, -0.05) is 12.2 Å². The summed E-state index contributed by atoms with van der Waals surface area (Å²) < 4.78 is 10.3. The van der Waals surface area contributed by atoms with Crippen LogP contribution in [0.3, 0.4) is 0 Å². The quantitative estimate of drug-likeness (QED) is 0.420. The van der Waals surface area contributed by atoms with Crippen molar-refractivity contribution in [3.8, 4) is 0 Å². The number of allylic oxidation sites excluding steroid dienone is 1. The van der Waals surface area contributed by atoms with Crippen molar-refractivity contribution in [2.45, 2.75) is 6.92 Å². The molecule has 3 nitrogen and oxygen atoms in total. The Morgan fingerprint density at radius 3 is 2.54 bits per heavy atom. The minimum absolute atomic E-state index is 0.717. The molecular weight excluding hydrogens is 166 g/mol. The van der Waals surface area contributed by atoms with Crippen LogP contribution in [-0.4, -0.2) is 52.0 Å². The van der Waals surface area contributed by atoms with Crippen LogP contribution in [0.4, 0.5) is 0 Å². The van der Waals surface area contributed by atoms with Crippen molar-refractivity contribution >= 4 is 0 Å². The molecule has 3 heteroatoms. The maximum atomic E-state index is 5.36. The molecule has 0 aromatic carbocycles. The highest BCUT2D eigenvalue weighted by Crippen LogP contribution is 1.84. The average Bonchev–Trinajstić information content (AvgIpc) is 2.14. The zero-order valence-corrected chi connectivity index (χ0v) is 8.95. The van der Waals surface area contributed by atoms with E-state index in [-0.39, 0.29) is 0 Å². The van der Waals surface area contributed by atoms with Crippen LogP contribution < -0.4 is 0 Å². The van der Waals surface area contributed by atoms with Crippen molar-refractivity contribution in [1.29, 1.82) is 0 Å². The second-order valence-corrected chi connectivity index (χ2v) is 2.94.